The number of hydrogen-bond donors (Lipinski definition) is 2. The fraction of sp³-hybridized carbons (Fsp3) is 0.118. The molecule has 0 fully saturated rings. The first-order valence-electron chi connectivity index (χ1n) is 7.54. The number of fused-ring (bicyclic) bond motifs is 1. The van der Waals surface area contributed by atoms with Gasteiger partial charge < -0.3 is 11.1 Å². The van der Waals surface area contributed by atoms with Crippen LogP contribution in [0.3, 0.4) is 0 Å². The summed E-state index contributed by atoms with van der Waals surface area (Å²) in [4.78, 5) is 15.5. The van der Waals surface area contributed by atoms with Crippen LogP contribution in [0.4, 0.5) is 11.5 Å². The summed E-state index contributed by atoms with van der Waals surface area (Å²) in [5.41, 5.74) is 7.71. The van der Waals surface area contributed by atoms with E-state index in [4.69, 9.17) is 5.73 Å². The first-order valence-corrected chi connectivity index (χ1v) is 8.35. The predicted octanol–water partition coefficient (Wildman–Crippen LogP) is 3.38. The maximum absolute atomic E-state index is 5.85. The zero-order chi connectivity index (χ0) is 16.5. The zero-order valence-corrected chi connectivity index (χ0v) is 13.9. The Bertz CT molecular complexity index is 990. The second-order valence-electron chi connectivity index (χ2n) is 5.52. The van der Waals surface area contributed by atoms with E-state index < -0.39 is 0 Å². The van der Waals surface area contributed by atoms with Crippen molar-refractivity contribution in [2.24, 2.45) is 0 Å². The molecular formula is C17H16N6S. The highest BCUT2D eigenvalue weighted by Gasteiger charge is 2.11. The molecule has 0 aliphatic heterocycles. The third kappa shape index (κ3) is 2.81. The fourth-order valence-electron chi connectivity index (χ4n) is 2.55. The van der Waals surface area contributed by atoms with Gasteiger partial charge in [-0.25, -0.2) is 9.97 Å². The first kappa shape index (κ1) is 14.6. The van der Waals surface area contributed by atoms with Crippen molar-refractivity contribution in [3.05, 3.63) is 59.5 Å². The van der Waals surface area contributed by atoms with Gasteiger partial charge in [-0.05, 0) is 30.7 Å². The Hall–Kier alpha value is -2.93. The number of aryl methyl sites for hydroxylation is 1. The van der Waals surface area contributed by atoms with Gasteiger partial charge in [0.1, 0.15) is 17.0 Å². The summed E-state index contributed by atoms with van der Waals surface area (Å²) in [6, 6.07) is 9.94. The van der Waals surface area contributed by atoms with Gasteiger partial charge in [-0.2, -0.15) is 4.98 Å². The SMILES string of the molecule is Cc1cc2c(NCc3cccc(N)c3)nc(-n3ccnc3)nc2s1. The molecule has 3 aromatic heterocycles. The van der Waals surface area contributed by atoms with Gasteiger partial charge in [-0.3, -0.25) is 4.57 Å². The molecular weight excluding hydrogens is 320 g/mol. The molecule has 4 rings (SSSR count). The van der Waals surface area contributed by atoms with Crippen LogP contribution in [0.2, 0.25) is 0 Å². The summed E-state index contributed by atoms with van der Waals surface area (Å²) in [6.45, 7) is 2.72. The van der Waals surface area contributed by atoms with Crippen LogP contribution in [0.5, 0.6) is 0 Å². The van der Waals surface area contributed by atoms with Gasteiger partial charge in [0, 0.05) is 29.5 Å². The number of nitrogen functional groups attached to an aromatic ring is 1. The van der Waals surface area contributed by atoms with Crippen molar-refractivity contribution >= 4 is 33.1 Å². The number of thiophene rings is 1. The molecule has 120 valence electrons. The Morgan fingerprint density at radius 2 is 2.17 bits per heavy atom. The quantitative estimate of drug-likeness (QED) is 0.558. The summed E-state index contributed by atoms with van der Waals surface area (Å²) < 4.78 is 1.81. The van der Waals surface area contributed by atoms with Crippen molar-refractivity contribution in [1.82, 2.24) is 19.5 Å². The number of hydrogen-bond acceptors (Lipinski definition) is 6. The summed E-state index contributed by atoms with van der Waals surface area (Å²) in [7, 11) is 0. The molecule has 1 aromatic carbocycles. The number of anilines is 2. The highest BCUT2D eigenvalue weighted by atomic mass is 32.1. The second kappa shape index (κ2) is 5.93. The minimum atomic E-state index is 0.608. The maximum atomic E-state index is 5.85. The van der Waals surface area contributed by atoms with Crippen molar-refractivity contribution < 1.29 is 0 Å². The maximum Gasteiger partial charge on any atom is 0.238 e. The Labute approximate surface area is 143 Å². The van der Waals surface area contributed by atoms with E-state index >= 15 is 0 Å². The van der Waals surface area contributed by atoms with Crippen LogP contribution in [0.25, 0.3) is 16.2 Å². The van der Waals surface area contributed by atoms with Crippen molar-refractivity contribution in [1.29, 1.82) is 0 Å². The molecule has 24 heavy (non-hydrogen) atoms. The van der Waals surface area contributed by atoms with Crippen LogP contribution >= 0.6 is 11.3 Å². The molecule has 0 atom stereocenters. The summed E-state index contributed by atoms with van der Waals surface area (Å²) >= 11 is 1.66. The number of nitrogens with one attached hydrogen (secondary N) is 1. The number of benzene rings is 1. The van der Waals surface area contributed by atoms with Crippen molar-refractivity contribution in [3.8, 4) is 5.95 Å². The van der Waals surface area contributed by atoms with Crippen molar-refractivity contribution in [2.75, 3.05) is 11.1 Å². The predicted molar refractivity (Wildman–Crippen MR) is 97.5 cm³/mol. The fourth-order valence-corrected chi connectivity index (χ4v) is 3.42. The molecule has 0 saturated carbocycles. The van der Waals surface area contributed by atoms with Gasteiger partial charge >= 0.3 is 0 Å². The molecule has 3 heterocycles. The molecule has 0 amide bonds. The van der Waals surface area contributed by atoms with E-state index in [-0.39, 0.29) is 0 Å². The van der Waals surface area contributed by atoms with Crippen molar-refractivity contribution in [2.45, 2.75) is 13.5 Å². The summed E-state index contributed by atoms with van der Waals surface area (Å²) in [5.74, 6) is 1.42. The topological polar surface area (TPSA) is 81.6 Å². The van der Waals surface area contributed by atoms with E-state index in [1.165, 1.54) is 4.88 Å². The van der Waals surface area contributed by atoms with E-state index in [1.807, 2.05) is 30.5 Å². The number of imidazole rings is 1. The van der Waals surface area contributed by atoms with E-state index in [0.717, 1.165) is 27.3 Å². The first-order chi connectivity index (χ1) is 11.7. The van der Waals surface area contributed by atoms with E-state index in [0.29, 0.717) is 12.5 Å². The lowest BCUT2D eigenvalue weighted by molar-refractivity contribution is 0.939. The monoisotopic (exact) mass is 336 g/mol. The van der Waals surface area contributed by atoms with E-state index in [9.17, 15) is 0 Å². The molecule has 0 unspecified atom stereocenters. The van der Waals surface area contributed by atoms with Crippen LogP contribution in [-0.2, 0) is 6.54 Å². The highest BCUT2D eigenvalue weighted by Crippen LogP contribution is 2.29. The Morgan fingerprint density at radius 3 is 2.96 bits per heavy atom. The van der Waals surface area contributed by atoms with E-state index in [1.54, 1.807) is 28.4 Å². The largest absolute Gasteiger partial charge is 0.399 e. The normalized spacial score (nSPS) is 11.0. The zero-order valence-electron chi connectivity index (χ0n) is 13.1. The number of aromatic nitrogens is 4. The average Bonchev–Trinajstić information content (AvgIpc) is 3.21. The van der Waals surface area contributed by atoms with E-state index in [2.05, 4.69) is 33.3 Å². The molecule has 3 N–H and O–H groups in total. The Balaban J connectivity index is 1.72. The van der Waals surface area contributed by atoms with Crippen LogP contribution in [-0.4, -0.2) is 19.5 Å². The third-order valence-electron chi connectivity index (χ3n) is 3.65. The van der Waals surface area contributed by atoms with Crippen LogP contribution in [0.15, 0.2) is 49.1 Å². The molecule has 0 aliphatic carbocycles. The Morgan fingerprint density at radius 1 is 1.25 bits per heavy atom. The number of rotatable bonds is 4. The Kier molecular flexibility index (Phi) is 3.62. The van der Waals surface area contributed by atoms with Crippen LogP contribution < -0.4 is 11.1 Å². The van der Waals surface area contributed by atoms with Crippen molar-refractivity contribution in [3.63, 3.8) is 0 Å². The molecule has 0 saturated heterocycles. The molecule has 4 aromatic rings. The lowest BCUT2D eigenvalue weighted by Gasteiger charge is -2.09. The van der Waals surface area contributed by atoms with Crippen LogP contribution in [0, 0.1) is 6.92 Å². The number of nitrogens with zero attached hydrogens (tertiary/aromatic N) is 4. The second-order valence-corrected chi connectivity index (χ2v) is 6.75. The van der Waals surface area contributed by atoms with Gasteiger partial charge in [-0.1, -0.05) is 12.1 Å². The smallest absolute Gasteiger partial charge is 0.238 e. The lowest BCUT2D eigenvalue weighted by atomic mass is 10.2. The summed E-state index contributed by atoms with van der Waals surface area (Å²) in [5, 5.41) is 4.45. The van der Waals surface area contributed by atoms with Crippen LogP contribution in [0.1, 0.15) is 10.4 Å². The highest BCUT2D eigenvalue weighted by molar-refractivity contribution is 7.18. The molecule has 0 spiro atoms. The molecule has 0 bridgehead atoms. The van der Waals surface area contributed by atoms with Gasteiger partial charge in [0.05, 0.1) is 5.39 Å². The molecule has 7 heteroatoms. The molecule has 0 aliphatic rings. The van der Waals surface area contributed by atoms with Gasteiger partial charge in [-0.15, -0.1) is 11.3 Å². The van der Waals surface area contributed by atoms with Gasteiger partial charge in [0.2, 0.25) is 5.95 Å². The average molecular weight is 336 g/mol. The molecule has 6 nitrogen and oxygen atoms in total. The minimum Gasteiger partial charge on any atom is -0.399 e. The minimum absolute atomic E-state index is 0.608. The van der Waals surface area contributed by atoms with Gasteiger partial charge in [0.15, 0.2) is 0 Å². The lowest BCUT2D eigenvalue weighted by Crippen LogP contribution is -2.06. The third-order valence-corrected chi connectivity index (χ3v) is 4.59. The standard InChI is InChI=1S/C17H16N6S/c1-11-7-14-15(20-9-12-3-2-4-13(18)8-12)21-17(22-16(14)24-11)23-6-5-19-10-23/h2-8,10H,9,18H2,1H3,(H,20,21,22). The summed E-state index contributed by atoms with van der Waals surface area (Å²) in [6.07, 6.45) is 5.25. The molecule has 0 radical (unpaired) electrons. The number of nitrogens with two attached hydrogens (primary N) is 1. The van der Waals surface area contributed by atoms with Gasteiger partial charge in [0.25, 0.3) is 0 Å².